The standard InChI is InChI=1S/C14H24N4O/c1-4-8-18-13(19)7-5-6-12(15)14(18)11-9-16-17(3)10(11)2/h9,12,14H,4-8,15H2,1-3H3. The van der Waals surface area contributed by atoms with Gasteiger partial charge in [0.25, 0.3) is 0 Å². The molecule has 1 aliphatic rings. The molecule has 19 heavy (non-hydrogen) atoms. The molecule has 1 aliphatic heterocycles. The molecule has 1 saturated heterocycles. The van der Waals surface area contributed by atoms with Gasteiger partial charge < -0.3 is 10.6 Å². The summed E-state index contributed by atoms with van der Waals surface area (Å²) in [5.74, 6) is 0.225. The molecule has 0 spiro atoms. The molecule has 2 unspecified atom stereocenters. The zero-order chi connectivity index (χ0) is 14.0. The second kappa shape index (κ2) is 5.74. The highest BCUT2D eigenvalue weighted by Crippen LogP contribution is 2.31. The molecule has 0 aromatic carbocycles. The number of nitrogens with zero attached hydrogens (tertiary/aromatic N) is 3. The normalized spacial score (nSPS) is 24.6. The first kappa shape index (κ1) is 14.1. The van der Waals surface area contributed by atoms with Gasteiger partial charge in [0.1, 0.15) is 0 Å². The maximum atomic E-state index is 12.3. The van der Waals surface area contributed by atoms with E-state index >= 15 is 0 Å². The quantitative estimate of drug-likeness (QED) is 0.900. The molecule has 1 aromatic heterocycles. The third-order valence-electron chi connectivity index (χ3n) is 4.05. The zero-order valence-electron chi connectivity index (χ0n) is 12.1. The number of rotatable bonds is 3. The van der Waals surface area contributed by atoms with Gasteiger partial charge in [0.05, 0.1) is 12.2 Å². The summed E-state index contributed by atoms with van der Waals surface area (Å²) in [5.41, 5.74) is 8.53. The van der Waals surface area contributed by atoms with E-state index in [1.165, 1.54) is 0 Å². The minimum absolute atomic E-state index is 0.000833. The fraction of sp³-hybridized carbons (Fsp3) is 0.714. The summed E-state index contributed by atoms with van der Waals surface area (Å²) in [4.78, 5) is 14.3. The molecule has 2 N–H and O–H groups in total. The van der Waals surface area contributed by atoms with E-state index in [1.807, 2.05) is 29.7 Å². The lowest BCUT2D eigenvalue weighted by Gasteiger charge is -2.33. The number of amides is 1. The van der Waals surface area contributed by atoms with Gasteiger partial charge in [-0.1, -0.05) is 6.92 Å². The first-order valence-corrected chi connectivity index (χ1v) is 7.09. The minimum atomic E-state index is -0.0244. The van der Waals surface area contributed by atoms with E-state index in [1.54, 1.807) is 0 Å². The third kappa shape index (κ3) is 2.66. The highest BCUT2D eigenvalue weighted by atomic mass is 16.2. The third-order valence-corrected chi connectivity index (χ3v) is 4.05. The zero-order valence-corrected chi connectivity index (χ0v) is 12.1. The number of hydrogen-bond acceptors (Lipinski definition) is 3. The maximum Gasteiger partial charge on any atom is 0.223 e. The Morgan fingerprint density at radius 1 is 1.53 bits per heavy atom. The summed E-state index contributed by atoms with van der Waals surface area (Å²) >= 11 is 0. The van der Waals surface area contributed by atoms with Crippen LogP contribution in [0.25, 0.3) is 0 Å². The lowest BCUT2D eigenvalue weighted by Crippen LogP contribution is -2.42. The van der Waals surface area contributed by atoms with Crippen LogP contribution < -0.4 is 5.73 Å². The van der Waals surface area contributed by atoms with Gasteiger partial charge in [0, 0.05) is 37.3 Å². The molecule has 1 aromatic rings. The van der Waals surface area contributed by atoms with Crippen molar-refractivity contribution in [2.24, 2.45) is 12.8 Å². The molecule has 2 rings (SSSR count). The number of likely N-dealkylation sites (tertiary alicyclic amines) is 1. The molecule has 1 fully saturated rings. The van der Waals surface area contributed by atoms with Gasteiger partial charge in [-0.15, -0.1) is 0 Å². The lowest BCUT2D eigenvalue weighted by molar-refractivity contribution is -0.133. The molecule has 0 radical (unpaired) electrons. The van der Waals surface area contributed by atoms with Crippen LogP contribution in [0.2, 0.25) is 0 Å². The Morgan fingerprint density at radius 2 is 2.26 bits per heavy atom. The van der Waals surface area contributed by atoms with E-state index in [9.17, 15) is 4.79 Å². The van der Waals surface area contributed by atoms with Crippen molar-refractivity contribution in [3.63, 3.8) is 0 Å². The minimum Gasteiger partial charge on any atom is -0.334 e. The van der Waals surface area contributed by atoms with Crippen LogP contribution in [0, 0.1) is 6.92 Å². The molecular formula is C14H24N4O. The average Bonchev–Trinajstić information content (AvgIpc) is 2.62. The lowest BCUT2D eigenvalue weighted by atomic mass is 9.97. The molecule has 0 saturated carbocycles. The number of carbonyl (C=O) groups is 1. The van der Waals surface area contributed by atoms with Crippen molar-refractivity contribution < 1.29 is 4.79 Å². The SMILES string of the molecule is CCCN1C(=O)CCCC(N)C1c1cnn(C)c1C. The summed E-state index contributed by atoms with van der Waals surface area (Å²) in [5, 5.41) is 4.30. The predicted octanol–water partition coefficient (Wildman–Crippen LogP) is 1.52. The van der Waals surface area contributed by atoms with Crippen molar-refractivity contribution in [1.29, 1.82) is 0 Å². The van der Waals surface area contributed by atoms with E-state index in [-0.39, 0.29) is 18.0 Å². The van der Waals surface area contributed by atoms with E-state index in [2.05, 4.69) is 12.0 Å². The van der Waals surface area contributed by atoms with E-state index in [4.69, 9.17) is 5.73 Å². The second-order valence-corrected chi connectivity index (χ2v) is 5.40. The first-order valence-electron chi connectivity index (χ1n) is 7.09. The highest BCUT2D eigenvalue weighted by Gasteiger charge is 2.34. The van der Waals surface area contributed by atoms with Crippen LogP contribution in [0.5, 0.6) is 0 Å². The van der Waals surface area contributed by atoms with Crippen molar-refractivity contribution in [1.82, 2.24) is 14.7 Å². The summed E-state index contributed by atoms with van der Waals surface area (Å²) in [6, 6.07) is -0.0236. The summed E-state index contributed by atoms with van der Waals surface area (Å²) in [6.07, 6.45) is 5.21. The van der Waals surface area contributed by atoms with Crippen LogP contribution >= 0.6 is 0 Å². The van der Waals surface area contributed by atoms with Crippen molar-refractivity contribution in [2.45, 2.75) is 51.6 Å². The number of aromatic nitrogens is 2. The Morgan fingerprint density at radius 3 is 2.84 bits per heavy atom. The van der Waals surface area contributed by atoms with Gasteiger partial charge in [0.2, 0.25) is 5.91 Å². The molecule has 2 heterocycles. The Labute approximate surface area is 114 Å². The van der Waals surface area contributed by atoms with Crippen LogP contribution in [0.1, 0.15) is 49.9 Å². The fourth-order valence-corrected chi connectivity index (χ4v) is 2.89. The molecule has 5 nitrogen and oxygen atoms in total. The Bertz CT molecular complexity index is 454. The maximum absolute atomic E-state index is 12.3. The topological polar surface area (TPSA) is 64.2 Å². The van der Waals surface area contributed by atoms with Crippen molar-refractivity contribution >= 4 is 5.91 Å². The van der Waals surface area contributed by atoms with Crippen LogP contribution in [-0.4, -0.2) is 33.2 Å². The number of hydrogen-bond donors (Lipinski definition) is 1. The van der Waals surface area contributed by atoms with Crippen LogP contribution in [0.3, 0.4) is 0 Å². The number of aryl methyl sites for hydroxylation is 1. The fourth-order valence-electron chi connectivity index (χ4n) is 2.89. The Balaban J connectivity index is 2.40. The second-order valence-electron chi connectivity index (χ2n) is 5.40. The Kier molecular flexibility index (Phi) is 4.24. The number of carbonyl (C=O) groups excluding carboxylic acids is 1. The molecule has 2 atom stereocenters. The summed E-state index contributed by atoms with van der Waals surface area (Å²) < 4.78 is 1.85. The summed E-state index contributed by atoms with van der Waals surface area (Å²) in [7, 11) is 1.92. The monoisotopic (exact) mass is 264 g/mol. The smallest absolute Gasteiger partial charge is 0.223 e. The van der Waals surface area contributed by atoms with Gasteiger partial charge in [-0.3, -0.25) is 9.48 Å². The molecule has 1 amide bonds. The van der Waals surface area contributed by atoms with Gasteiger partial charge in [0.15, 0.2) is 0 Å². The number of nitrogens with two attached hydrogens (primary N) is 1. The molecule has 106 valence electrons. The largest absolute Gasteiger partial charge is 0.334 e. The van der Waals surface area contributed by atoms with Crippen molar-refractivity contribution in [3.8, 4) is 0 Å². The van der Waals surface area contributed by atoms with Crippen LogP contribution in [0.15, 0.2) is 6.20 Å². The van der Waals surface area contributed by atoms with Crippen LogP contribution in [-0.2, 0) is 11.8 Å². The predicted molar refractivity (Wildman–Crippen MR) is 74.5 cm³/mol. The highest BCUT2D eigenvalue weighted by molar-refractivity contribution is 5.77. The van der Waals surface area contributed by atoms with Gasteiger partial charge in [-0.2, -0.15) is 5.10 Å². The molecule has 0 aliphatic carbocycles. The first-order chi connectivity index (χ1) is 9.06. The van der Waals surface area contributed by atoms with Gasteiger partial charge in [-0.25, -0.2) is 0 Å². The van der Waals surface area contributed by atoms with E-state index in [0.717, 1.165) is 37.1 Å². The average molecular weight is 264 g/mol. The van der Waals surface area contributed by atoms with Gasteiger partial charge >= 0.3 is 0 Å². The molecular weight excluding hydrogens is 240 g/mol. The Hall–Kier alpha value is -1.36. The summed E-state index contributed by atoms with van der Waals surface area (Å²) in [6.45, 7) is 4.90. The van der Waals surface area contributed by atoms with Crippen molar-refractivity contribution in [2.75, 3.05) is 6.54 Å². The van der Waals surface area contributed by atoms with E-state index < -0.39 is 0 Å². The van der Waals surface area contributed by atoms with Gasteiger partial charge in [-0.05, 0) is 26.2 Å². The van der Waals surface area contributed by atoms with Crippen LogP contribution in [0.4, 0.5) is 0 Å². The molecule has 0 bridgehead atoms. The molecule has 5 heteroatoms. The van der Waals surface area contributed by atoms with Crippen molar-refractivity contribution in [3.05, 3.63) is 17.5 Å². The van der Waals surface area contributed by atoms with E-state index in [0.29, 0.717) is 6.42 Å².